The van der Waals surface area contributed by atoms with Crippen LogP contribution < -0.4 is 4.90 Å². The first kappa shape index (κ1) is 20.4. The number of thioether (sulfide) groups is 1. The third-order valence-electron chi connectivity index (χ3n) is 4.56. The number of phenolic OH excluding ortho intramolecular Hbond substituents is 1. The summed E-state index contributed by atoms with van der Waals surface area (Å²) >= 11 is 4.81. The molecule has 0 aromatic heterocycles. The summed E-state index contributed by atoms with van der Waals surface area (Å²) in [7, 11) is 0. The lowest BCUT2D eigenvalue weighted by Crippen LogP contribution is -2.28. The van der Waals surface area contributed by atoms with Gasteiger partial charge in [0, 0.05) is 4.47 Å². The molecule has 4 nitrogen and oxygen atoms in total. The van der Waals surface area contributed by atoms with Crippen molar-refractivity contribution in [2.24, 2.45) is 4.99 Å². The van der Waals surface area contributed by atoms with Gasteiger partial charge in [0.2, 0.25) is 0 Å². The molecule has 1 aliphatic heterocycles. The Labute approximate surface area is 188 Å². The zero-order valence-electron chi connectivity index (χ0n) is 16.5. The number of hydrogen-bond donors (Lipinski definition) is 1. The fourth-order valence-corrected chi connectivity index (χ4v) is 4.49. The van der Waals surface area contributed by atoms with Gasteiger partial charge in [0.15, 0.2) is 5.17 Å². The maximum absolute atomic E-state index is 13.4. The van der Waals surface area contributed by atoms with Crippen LogP contribution in [-0.4, -0.2) is 16.2 Å². The molecule has 1 aliphatic rings. The van der Waals surface area contributed by atoms with E-state index in [9.17, 15) is 9.90 Å². The molecule has 30 heavy (non-hydrogen) atoms. The van der Waals surface area contributed by atoms with E-state index in [0.717, 1.165) is 32.5 Å². The summed E-state index contributed by atoms with van der Waals surface area (Å²) in [4.78, 5) is 20.3. The van der Waals surface area contributed by atoms with E-state index in [0.29, 0.717) is 10.1 Å². The number of amidine groups is 1. The number of halogens is 1. The van der Waals surface area contributed by atoms with E-state index < -0.39 is 0 Å². The summed E-state index contributed by atoms with van der Waals surface area (Å²) in [5, 5.41) is 10.4. The van der Waals surface area contributed by atoms with Crippen LogP contribution in [0.15, 0.2) is 81.1 Å². The van der Waals surface area contributed by atoms with Crippen LogP contribution in [-0.2, 0) is 4.79 Å². The van der Waals surface area contributed by atoms with Crippen LogP contribution in [0, 0.1) is 13.8 Å². The molecule has 1 saturated heterocycles. The third-order valence-corrected chi connectivity index (χ3v) is 6.25. The van der Waals surface area contributed by atoms with Gasteiger partial charge in [-0.05, 0) is 90.8 Å². The van der Waals surface area contributed by atoms with E-state index >= 15 is 0 Å². The predicted octanol–water partition coefficient (Wildman–Crippen LogP) is 6.58. The monoisotopic (exact) mass is 478 g/mol. The van der Waals surface area contributed by atoms with Gasteiger partial charge in [0.25, 0.3) is 5.91 Å². The molecule has 0 radical (unpaired) electrons. The molecule has 1 N–H and O–H groups in total. The van der Waals surface area contributed by atoms with Gasteiger partial charge >= 0.3 is 0 Å². The topological polar surface area (TPSA) is 52.9 Å². The quantitative estimate of drug-likeness (QED) is 0.432. The number of aliphatic imine (C=N–C) groups is 1. The average molecular weight is 479 g/mol. The molecule has 150 valence electrons. The van der Waals surface area contributed by atoms with Crippen LogP contribution >= 0.6 is 27.7 Å². The van der Waals surface area contributed by atoms with Gasteiger partial charge in [0.1, 0.15) is 5.75 Å². The molecular weight excluding hydrogens is 460 g/mol. The normalized spacial score (nSPS) is 16.6. The van der Waals surface area contributed by atoms with Crippen LogP contribution in [0.5, 0.6) is 5.75 Å². The summed E-state index contributed by atoms with van der Waals surface area (Å²) < 4.78 is 0.798. The summed E-state index contributed by atoms with van der Waals surface area (Å²) in [5.41, 5.74) is 4.47. The lowest BCUT2D eigenvalue weighted by atomic mass is 10.2. The van der Waals surface area contributed by atoms with Gasteiger partial charge in [-0.1, -0.05) is 40.2 Å². The molecule has 0 unspecified atom stereocenters. The number of rotatable bonds is 3. The molecule has 0 spiro atoms. The maximum atomic E-state index is 13.4. The van der Waals surface area contributed by atoms with E-state index in [1.165, 1.54) is 11.8 Å². The Morgan fingerprint density at radius 3 is 2.47 bits per heavy atom. The minimum absolute atomic E-state index is 0.143. The van der Waals surface area contributed by atoms with E-state index in [4.69, 9.17) is 4.99 Å². The number of phenols is 1. The molecule has 6 heteroatoms. The SMILES string of the molecule is Cc1cccc(N=C2SC(=Cc3cc(O)ccc3Br)C(=O)N2c2cccc(C)c2)c1. The van der Waals surface area contributed by atoms with Crippen LogP contribution in [0.4, 0.5) is 11.4 Å². The van der Waals surface area contributed by atoms with Crippen molar-refractivity contribution in [3.63, 3.8) is 0 Å². The first-order valence-electron chi connectivity index (χ1n) is 9.35. The Morgan fingerprint density at radius 2 is 1.73 bits per heavy atom. The zero-order valence-corrected chi connectivity index (χ0v) is 18.9. The molecule has 1 amide bonds. The van der Waals surface area contributed by atoms with Gasteiger partial charge in [-0.25, -0.2) is 4.99 Å². The molecule has 0 atom stereocenters. The van der Waals surface area contributed by atoms with Crippen molar-refractivity contribution in [2.75, 3.05) is 4.90 Å². The van der Waals surface area contributed by atoms with E-state index in [1.807, 2.05) is 62.4 Å². The first-order chi connectivity index (χ1) is 14.4. The largest absolute Gasteiger partial charge is 0.508 e. The number of carbonyl (C=O) groups is 1. The third kappa shape index (κ3) is 4.35. The molecule has 4 rings (SSSR count). The second kappa shape index (κ2) is 8.50. The Bertz CT molecular complexity index is 1200. The minimum atomic E-state index is -0.146. The van der Waals surface area contributed by atoms with Gasteiger partial charge in [-0.3, -0.25) is 9.69 Å². The van der Waals surface area contributed by atoms with Crippen molar-refractivity contribution < 1.29 is 9.90 Å². The zero-order chi connectivity index (χ0) is 21.3. The first-order valence-corrected chi connectivity index (χ1v) is 11.0. The van der Waals surface area contributed by atoms with Crippen LogP contribution in [0.1, 0.15) is 16.7 Å². The van der Waals surface area contributed by atoms with E-state index in [2.05, 4.69) is 15.9 Å². The maximum Gasteiger partial charge on any atom is 0.271 e. The van der Waals surface area contributed by atoms with Gasteiger partial charge in [0.05, 0.1) is 16.3 Å². The van der Waals surface area contributed by atoms with Crippen LogP contribution in [0.2, 0.25) is 0 Å². The number of benzene rings is 3. The molecule has 1 heterocycles. The Hall–Kier alpha value is -2.83. The number of hydrogen-bond acceptors (Lipinski definition) is 4. The van der Waals surface area contributed by atoms with E-state index in [-0.39, 0.29) is 11.7 Å². The van der Waals surface area contributed by atoms with Crippen LogP contribution in [0.3, 0.4) is 0 Å². The van der Waals surface area contributed by atoms with Crippen molar-refractivity contribution >= 4 is 56.2 Å². The molecule has 1 fully saturated rings. The van der Waals surface area contributed by atoms with Crippen molar-refractivity contribution in [3.05, 3.63) is 92.8 Å². The summed E-state index contributed by atoms with van der Waals surface area (Å²) in [6, 6.07) is 20.7. The molecule has 3 aromatic rings. The number of carbonyl (C=O) groups excluding carboxylic acids is 1. The number of amides is 1. The summed E-state index contributed by atoms with van der Waals surface area (Å²) in [6.45, 7) is 4.01. The average Bonchev–Trinajstić information content (AvgIpc) is 2.99. The molecular formula is C24H19BrN2O2S. The van der Waals surface area contributed by atoms with Crippen molar-refractivity contribution in [1.82, 2.24) is 0 Å². The molecule has 0 aliphatic carbocycles. The number of aromatic hydroxyl groups is 1. The second-order valence-electron chi connectivity index (χ2n) is 7.03. The molecule has 0 bridgehead atoms. The fourth-order valence-electron chi connectivity index (χ4n) is 3.13. The fraction of sp³-hybridized carbons (Fsp3) is 0.0833. The Kier molecular flexibility index (Phi) is 5.79. The lowest BCUT2D eigenvalue weighted by Gasteiger charge is -2.16. The van der Waals surface area contributed by atoms with Crippen molar-refractivity contribution in [2.45, 2.75) is 13.8 Å². The Morgan fingerprint density at radius 1 is 1.00 bits per heavy atom. The van der Waals surface area contributed by atoms with E-state index in [1.54, 1.807) is 29.2 Å². The smallest absolute Gasteiger partial charge is 0.271 e. The van der Waals surface area contributed by atoms with Gasteiger partial charge < -0.3 is 5.11 Å². The van der Waals surface area contributed by atoms with Crippen molar-refractivity contribution in [3.8, 4) is 5.75 Å². The predicted molar refractivity (Wildman–Crippen MR) is 128 cm³/mol. The highest BCUT2D eigenvalue weighted by Gasteiger charge is 2.35. The molecule has 3 aromatic carbocycles. The highest BCUT2D eigenvalue weighted by Crippen LogP contribution is 2.38. The standard InChI is InChI=1S/C24H19BrN2O2S/c1-15-5-3-7-18(11-15)26-24-27(19-8-4-6-16(2)12-19)23(29)22(30-24)14-17-13-20(28)9-10-21(17)25/h3-14,28H,1-2H3. The number of aryl methyl sites for hydroxylation is 2. The summed E-state index contributed by atoms with van der Waals surface area (Å²) in [6.07, 6.45) is 1.78. The Balaban J connectivity index is 1.82. The van der Waals surface area contributed by atoms with Gasteiger partial charge in [-0.2, -0.15) is 0 Å². The van der Waals surface area contributed by atoms with Crippen molar-refractivity contribution in [1.29, 1.82) is 0 Å². The highest BCUT2D eigenvalue weighted by atomic mass is 79.9. The minimum Gasteiger partial charge on any atom is -0.508 e. The second-order valence-corrected chi connectivity index (χ2v) is 8.89. The number of nitrogens with zero attached hydrogens (tertiary/aromatic N) is 2. The van der Waals surface area contributed by atoms with Crippen LogP contribution in [0.25, 0.3) is 6.08 Å². The van der Waals surface area contributed by atoms with Gasteiger partial charge in [-0.15, -0.1) is 0 Å². The highest BCUT2D eigenvalue weighted by molar-refractivity contribution is 9.10. The number of anilines is 1. The summed E-state index contributed by atoms with van der Waals surface area (Å²) in [5.74, 6) is -0.00284. The molecule has 0 saturated carbocycles. The lowest BCUT2D eigenvalue weighted by molar-refractivity contribution is -0.113.